The average Bonchev–Trinajstić information content (AvgIpc) is 2.64. The van der Waals surface area contributed by atoms with Crippen LogP contribution < -0.4 is 4.90 Å². The lowest BCUT2D eigenvalue weighted by atomic mass is 9.87. The summed E-state index contributed by atoms with van der Waals surface area (Å²) in [5, 5.41) is 0. The van der Waals surface area contributed by atoms with Gasteiger partial charge in [0.2, 0.25) is 0 Å². The van der Waals surface area contributed by atoms with Gasteiger partial charge < -0.3 is 4.90 Å². The summed E-state index contributed by atoms with van der Waals surface area (Å²) in [6.45, 7) is 11.2. The van der Waals surface area contributed by atoms with Crippen LogP contribution in [0.2, 0.25) is 0 Å². The van der Waals surface area contributed by atoms with E-state index in [0.29, 0.717) is 5.92 Å². The number of anilines is 3. The minimum atomic E-state index is 0.153. The summed E-state index contributed by atoms with van der Waals surface area (Å²) in [7, 11) is 0. The quantitative estimate of drug-likeness (QED) is 0.408. The molecule has 0 spiro atoms. The summed E-state index contributed by atoms with van der Waals surface area (Å²) in [5.41, 5.74) is 6.35. The van der Waals surface area contributed by atoms with Gasteiger partial charge in [-0.3, -0.25) is 0 Å². The zero-order valence-corrected chi connectivity index (χ0v) is 18.4. The lowest BCUT2D eigenvalue weighted by Gasteiger charge is -2.27. The van der Waals surface area contributed by atoms with Crippen LogP contribution in [-0.2, 0) is 5.41 Å². The third kappa shape index (κ3) is 4.62. The van der Waals surface area contributed by atoms with E-state index in [-0.39, 0.29) is 5.41 Å². The van der Waals surface area contributed by atoms with Crippen molar-refractivity contribution >= 4 is 33.0 Å². The number of nitrogens with zero attached hydrogens (tertiary/aromatic N) is 1. The van der Waals surface area contributed by atoms with Gasteiger partial charge in [-0.1, -0.05) is 74.8 Å². The van der Waals surface area contributed by atoms with Crippen LogP contribution in [0.15, 0.2) is 77.3 Å². The van der Waals surface area contributed by atoms with Gasteiger partial charge in [-0.2, -0.15) is 0 Å². The molecule has 0 amide bonds. The van der Waals surface area contributed by atoms with Gasteiger partial charge in [0.15, 0.2) is 0 Å². The van der Waals surface area contributed by atoms with Crippen LogP contribution >= 0.6 is 15.9 Å². The topological polar surface area (TPSA) is 3.24 Å². The Morgan fingerprint density at radius 2 is 1.07 bits per heavy atom. The first kappa shape index (κ1) is 19.7. The van der Waals surface area contributed by atoms with Crippen LogP contribution in [0.5, 0.6) is 0 Å². The van der Waals surface area contributed by atoms with Gasteiger partial charge in [0.25, 0.3) is 0 Å². The first-order chi connectivity index (χ1) is 12.8. The minimum absolute atomic E-state index is 0.153. The van der Waals surface area contributed by atoms with E-state index in [1.54, 1.807) is 0 Å². The molecule has 3 aromatic carbocycles. The van der Waals surface area contributed by atoms with Crippen molar-refractivity contribution in [3.8, 4) is 0 Å². The number of rotatable bonds is 4. The van der Waals surface area contributed by atoms with Crippen molar-refractivity contribution in [3.05, 3.63) is 88.4 Å². The van der Waals surface area contributed by atoms with E-state index in [0.717, 1.165) is 10.2 Å². The lowest BCUT2D eigenvalue weighted by molar-refractivity contribution is 0.590. The zero-order valence-electron chi connectivity index (χ0n) is 16.8. The predicted octanol–water partition coefficient (Wildman–Crippen LogP) is 8.34. The maximum atomic E-state index is 3.55. The molecule has 2 heteroatoms. The Kier molecular flexibility index (Phi) is 5.76. The Labute approximate surface area is 172 Å². The van der Waals surface area contributed by atoms with Crippen molar-refractivity contribution in [1.29, 1.82) is 0 Å². The van der Waals surface area contributed by atoms with Gasteiger partial charge in [0, 0.05) is 21.5 Å². The highest BCUT2D eigenvalue weighted by atomic mass is 79.9. The Morgan fingerprint density at radius 1 is 0.667 bits per heavy atom. The van der Waals surface area contributed by atoms with Crippen LogP contribution in [0, 0.1) is 0 Å². The molecule has 0 saturated carbocycles. The molecule has 0 heterocycles. The summed E-state index contributed by atoms with van der Waals surface area (Å²) in [5.74, 6) is 0.534. The monoisotopic (exact) mass is 421 g/mol. The van der Waals surface area contributed by atoms with Gasteiger partial charge in [0.05, 0.1) is 0 Å². The molecule has 1 nitrogen and oxygen atoms in total. The number of benzene rings is 3. The molecule has 3 aromatic rings. The van der Waals surface area contributed by atoms with Crippen LogP contribution in [0.4, 0.5) is 17.1 Å². The highest BCUT2D eigenvalue weighted by Crippen LogP contribution is 2.36. The summed E-state index contributed by atoms with van der Waals surface area (Å²) >= 11 is 3.55. The number of halogens is 1. The van der Waals surface area contributed by atoms with Gasteiger partial charge in [-0.05, 0) is 71.0 Å². The fourth-order valence-electron chi connectivity index (χ4n) is 3.16. The van der Waals surface area contributed by atoms with Gasteiger partial charge >= 0.3 is 0 Å². The van der Waals surface area contributed by atoms with Crippen molar-refractivity contribution in [2.75, 3.05) is 4.90 Å². The molecule has 0 aromatic heterocycles. The summed E-state index contributed by atoms with van der Waals surface area (Å²) in [6.07, 6.45) is 0. The third-order valence-electron chi connectivity index (χ3n) is 4.89. The number of hydrogen-bond acceptors (Lipinski definition) is 1. The van der Waals surface area contributed by atoms with Crippen LogP contribution in [0.1, 0.15) is 51.7 Å². The lowest BCUT2D eigenvalue weighted by Crippen LogP contribution is -2.13. The maximum Gasteiger partial charge on any atom is 0.0462 e. The standard InChI is InChI=1S/C25H28BrN/c1-18(2)19-6-12-22(13-7-19)27(24-16-10-21(26)11-17-24)23-14-8-20(9-15-23)25(3,4)5/h6-18H,1-5H3. The first-order valence-electron chi connectivity index (χ1n) is 9.52. The second kappa shape index (κ2) is 7.90. The van der Waals surface area contributed by atoms with Gasteiger partial charge in [0.1, 0.15) is 0 Å². The second-order valence-corrected chi connectivity index (χ2v) is 9.27. The molecule has 0 unspecified atom stereocenters. The van der Waals surface area contributed by atoms with Crippen molar-refractivity contribution in [2.24, 2.45) is 0 Å². The molecule has 0 fully saturated rings. The number of hydrogen-bond donors (Lipinski definition) is 0. The Hall–Kier alpha value is -2.06. The maximum absolute atomic E-state index is 3.55. The van der Waals surface area contributed by atoms with E-state index < -0.39 is 0 Å². The molecular formula is C25H28BrN. The fourth-order valence-corrected chi connectivity index (χ4v) is 3.42. The Bertz CT molecular complexity index is 870. The van der Waals surface area contributed by atoms with Crippen molar-refractivity contribution in [2.45, 2.75) is 46.0 Å². The first-order valence-corrected chi connectivity index (χ1v) is 10.3. The van der Waals surface area contributed by atoms with E-state index in [2.05, 4.69) is 128 Å². The van der Waals surface area contributed by atoms with Crippen molar-refractivity contribution < 1.29 is 0 Å². The van der Waals surface area contributed by atoms with E-state index in [1.807, 2.05) is 0 Å². The Morgan fingerprint density at radius 3 is 1.48 bits per heavy atom. The molecule has 27 heavy (non-hydrogen) atoms. The largest absolute Gasteiger partial charge is 0.311 e. The molecule has 0 aliphatic heterocycles. The smallest absolute Gasteiger partial charge is 0.0462 e. The van der Waals surface area contributed by atoms with E-state index in [1.165, 1.54) is 22.5 Å². The van der Waals surface area contributed by atoms with Gasteiger partial charge in [-0.25, -0.2) is 0 Å². The molecule has 0 atom stereocenters. The molecule has 0 N–H and O–H groups in total. The summed E-state index contributed by atoms with van der Waals surface area (Å²) < 4.78 is 1.09. The fraction of sp³-hybridized carbons (Fsp3) is 0.280. The molecule has 0 aliphatic rings. The molecule has 0 radical (unpaired) electrons. The van der Waals surface area contributed by atoms with Crippen molar-refractivity contribution in [1.82, 2.24) is 0 Å². The highest BCUT2D eigenvalue weighted by molar-refractivity contribution is 9.10. The normalized spacial score (nSPS) is 11.7. The van der Waals surface area contributed by atoms with Gasteiger partial charge in [-0.15, -0.1) is 0 Å². The van der Waals surface area contributed by atoms with Crippen molar-refractivity contribution in [3.63, 3.8) is 0 Å². The third-order valence-corrected chi connectivity index (χ3v) is 5.42. The zero-order chi connectivity index (χ0) is 19.6. The van der Waals surface area contributed by atoms with E-state index >= 15 is 0 Å². The summed E-state index contributed by atoms with van der Waals surface area (Å²) in [6, 6.07) is 26.3. The van der Waals surface area contributed by atoms with E-state index in [9.17, 15) is 0 Å². The minimum Gasteiger partial charge on any atom is -0.311 e. The Balaban J connectivity index is 2.06. The van der Waals surface area contributed by atoms with Crippen LogP contribution in [0.25, 0.3) is 0 Å². The van der Waals surface area contributed by atoms with E-state index in [4.69, 9.17) is 0 Å². The molecule has 3 rings (SSSR count). The SMILES string of the molecule is CC(C)c1ccc(N(c2ccc(Br)cc2)c2ccc(C(C)(C)C)cc2)cc1. The summed E-state index contributed by atoms with van der Waals surface area (Å²) in [4.78, 5) is 2.31. The molecular weight excluding hydrogens is 394 g/mol. The molecule has 0 saturated heterocycles. The molecule has 0 bridgehead atoms. The molecule has 0 aliphatic carbocycles. The highest BCUT2D eigenvalue weighted by Gasteiger charge is 2.16. The second-order valence-electron chi connectivity index (χ2n) is 8.35. The predicted molar refractivity (Wildman–Crippen MR) is 122 cm³/mol. The molecule has 140 valence electrons. The van der Waals surface area contributed by atoms with Crippen LogP contribution in [0.3, 0.4) is 0 Å². The van der Waals surface area contributed by atoms with Crippen LogP contribution in [-0.4, -0.2) is 0 Å². The average molecular weight is 422 g/mol.